The molecule has 1 aliphatic rings. The first-order chi connectivity index (χ1) is 10.5. The summed E-state index contributed by atoms with van der Waals surface area (Å²) >= 11 is 0. The molecular formula is C19H38O3. The quantitative estimate of drug-likeness (QED) is 0.518. The molecular weight excluding hydrogens is 276 g/mol. The van der Waals surface area contributed by atoms with Gasteiger partial charge in [0.15, 0.2) is 0 Å². The minimum Gasteiger partial charge on any atom is -0.379 e. The van der Waals surface area contributed by atoms with Crippen LogP contribution in [0.5, 0.6) is 0 Å². The van der Waals surface area contributed by atoms with Gasteiger partial charge in [-0.15, -0.1) is 0 Å². The lowest BCUT2D eigenvalue weighted by atomic mass is 9.75. The molecule has 0 amide bonds. The molecule has 1 saturated carbocycles. The van der Waals surface area contributed by atoms with E-state index in [0.29, 0.717) is 18.8 Å². The normalized spacial score (nSPS) is 27.3. The average molecular weight is 315 g/mol. The van der Waals surface area contributed by atoms with Crippen molar-refractivity contribution < 1.29 is 14.2 Å². The first kappa shape index (κ1) is 19.9. The van der Waals surface area contributed by atoms with E-state index in [0.717, 1.165) is 50.4 Å². The molecule has 0 bridgehead atoms. The average Bonchev–Trinajstić information content (AvgIpc) is 2.49. The minimum atomic E-state index is 0.365. The molecule has 0 saturated heterocycles. The van der Waals surface area contributed by atoms with Crippen LogP contribution in [0.2, 0.25) is 0 Å². The van der Waals surface area contributed by atoms with E-state index in [-0.39, 0.29) is 0 Å². The highest BCUT2D eigenvalue weighted by Gasteiger charge is 2.31. The summed E-state index contributed by atoms with van der Waals surface area (Å²) < 4.78 is 17.4. The summed E-state index contributed by atoms with van der Waals surface area (Å²) in [6, 6.07) is 0. The van der Waals surface area contributed by atoms with Crippen molar-refractivity contribution in [2.24, 2.45) is 17.8 Å². The van der Waals surface area contributed by atoms with E-state index in [2.05, 4.69) is 34.6 Å². The topological polar surface area (TPSA) is 27.7 Å². The van der Waals surface area contributed by atoms with E-state index in [1.807, 2.05) is 0 Å². The Hall–Kier alpha value is -0.120. The van der Waals surface area contributed by atoms with Crippen molar-refractivity contribution in [2.75, 3.05) is 26.4 Å². The molecule has 1 rings (SSSR count). The summed E-state index contributed by atoms with van der Waals surface area (Å²) in [6.07, 6.45) is 6.73. The number of rotatable bonds is 11. The van der Waals surface area contributed by atoms with E-state index < -0.39 is 0 Å². The zero-order valence-corrected chi connectivity index (χ0v) is 15.5. The number of hydrogen-bond acceptors (Lipinski definition) is 3. The molecule has 0 aliphatic heterocycles. The van der Waals surface area contributed by atoms with Gasteiger partial charge >= 0.3 is 0 Å². The third-order valence-corrected chi connectivity index (χ3v) is 4.93. The van der Waals surface area contributed by atoms with E-state index in [1.54, 1.807) is 0 Å². The number of hydrogen-bond donors (Lipinski definition) is 0. The number of ether oxygens (including phenoxy) is 3. The maximum absolute atomic E-state index is 6.13. The highest BCUT2D eigenvalue weighted by atomic mass is 16.5. The minimum absolute atomic E-state index is 0.365. The second kappa shape index (κ2) is 11.4. The Morgan fingerprint density at radius 1 is 1.00 bits per heavy atom. The molecule has 0 aromatic carbocycles. The Bertz CT molecular complexity index is 267. The standard InChI is InChI=1S/C19H38O3/c1-6-17(5)21-11-7-10-20-12-13-22-19-14-16(4)8-9-18(19)15(2)3/h15-19H,6-14H2,1-5H3. The molecule has 4 unspecified atom stereocenters. The van der Waals surface area contributed by atoms with Crippen LogP contribution in [-0.4, -0.2) is 38.6 Å². The zero-order chi connectivity index (χ0) is 16.4. The Morgan fingerprint density at radius 2 is 1.77 bits per heavy atom. The lowest BCUT2D eigenvalue weighted by molar-refractivity contribution is -0.0597. The fraction of sp³-hybridized carbons (Fsp3) is 1.00. The Balaban J connectivity index is 2.05. The summed E-state index contributed by atoms with van der Waals surface area (Å²) in [7, 11) is 0. The monoisotopic (exact) mass is 314 g/mol. The molecule has 0 spiro atoms. The van der Waals surface area contributed by atoms with Gasteiger partial charge in [-0.2, -0.15) is 0 Å². The summed E-state index contributed by atoms with van der Waals surface area (Å²) in [5.41, 5.74) is 0. The van der Waals surface area contributed by atoms with Crippen molar-refractivity contribution >= 4 is 0 Å². The van der Waals surface area contributed by atoms with Crippen LogP contribution in [-0.2, 0) is 14.2 Å². The molecule has 0 heterocycles. The van der Waals surface area contributed by atoms with Gasteiger partial charge in [0.25, 0.3) is 0 Å². The highest BCUT2D eigenvalue weighted by molar-refractivity contribution is 4.81. The van der Waals surface area contributed by atoms with Gasteiger partial charge in [-0.05, 0) is 50.4 Å². The molecule has 1 aliphatic carbocycles. The van der Waals surface area contributed by atoms with Crippen LogP contribution in [0.3, 0.4) is 0 Å². The van der Waals surface area contributed by atoms with Crippen molar-refractivity contribution in [1.29, 1.82) is 0 Å². The van der Waals surface area contributed by atoms with Crippen molar-refractivity contribution in [2.45, 2.75) is 78.9 Å². The molecule has 22 heavy (non-hydrogen) atoms. The third-order valence-electron chi connectivity index (χ3n) is 4.93. The molecule has 3 nitrogen and oxygen atoms in total. The first-order valence-electron chi connectivity index (χ1n) is 9.35. The van der Waals surface area contributed by atoms with Crippen LogP contribution >= 0.6 is 0 Å². The second-order valence-electron chi connectivity index (χ2n) is 7.29. The fourth-order valence-corrected chi connectivity index (χ4v) is 3.23. The van der Waals surface area contributed by atoms with Gasteiger partial charge in [0.05, 0.1) is 25.4 Å². The van der Waals surface area contributed by atoms with Crippen molar-refractivity contribution in [3.8, 4) is 0 Å². The van der Waals surface area contributed by atoms with Gasteiger partial charge in [0.2, 0.25) is 0 Å². The molecule has 0 N–H and O–H groups in total. The van der Waals surface area contributed by atoms with Crippen LogP contribution in [0.4, 0.5) is 0 Å². The molecule has 0 aromatic heterocycles. The largest absolute Gasteiger partial charge is 0.379 e. The Labute approximate surface area is 138 Å². The van der Waals surface area contributed by atoms with Crippen LogP contribution in [0.25, 0.3) is 0 Å². The first-order valence-corrected chi connectivity index (χ1v) is 9.35. The SMILES string of the molecule is CCC(C)OCCCOCCOC1CC(C)CCC1C(C)C. The summed E-state index contributed by atoms with van der Waals surface area (Å²) in [4.78, 5) is 0. The van der Waals surface area contributed by atoms with Crippen molar-refractivity contribution in [3.63, 3.8) is 0 Å². The van der Waals surface area contributed by atoms with E-state index >= 15 is 0 Å². The van der Waals surface area contributed by atoms with Crippen LogP contribution in [0.1, 0.15) is 66.7 Å². The predicted octanol–water partition coefficient (Wildman–Crippen LogP) is 4.69. The van der Waals surface area contributed by atoms with Gasteiger partial charge < -0.3 is 14.2 Å². The maximum atomic E-state index is 6.13. The molecule has 1 fully saturated rings. The lowest BCUT2D eigenvalue weighted by Gasteiger charge is -2.37. The van der Waals surface area contributed by atoms with Crippen molar-refractivity contribution in [1.82, 2.24) is 0 Å². The summed E-state index contributed by atoms with van der Waals surface area (Å²) in [6.45, 7) is 14.3. The van der Waals surface area contributed by atoms with E-state index in [9.17, 15) is 0 Å². The van der Waals surface area contributed by atoms with Gasteiger partial charge in [-0.25, -0.2) is 0 Å². The summed E-state index contributed by atoms with van der Waals surface area (Å²) in [5.74, 6) is 2.25. The van der Waals surface area contributed by atoms with Crippen molar-refractivity contribution in [3.05, 3.63) is 0 Å². The third kappa shape index (κ3) is 7.94. The van der Waals surface area contributed by atoms with Crippen LogP contribution in [0, 0.1) is 17.8 Å². The maximum Gasteiger partial charge on any atom is 0.0704 e. The Kier molecular flexibility index (Phi) is 10.3. The lowest BCUT2D eigenvalue weighted by Crippen LogP contribution is -2.35. The molecule has 0 radical (unpaired) electrons. The molecule has 3 heteroatoms. The second-order valence-corrected chi connectivity index (χ2v) is 7.29. The van der Waals surface area contributed by atoms with E-state index in [4.69, 9.17) is 14.2 Å². The van der Waals surface area contributed by atoms with Crippen LogP contribution in [0.15, 0.2) is 0 Å². The van der Waals surface area contributed by atoms with Crippen LogP contribution < -0.4 is 0 Å². The van der Waals surface area contributed by atoms with Gasteiger partial charge in [-0.1, -0.05) is 34.1 Å². The molecule has 132 valence electrons. The van der Waals surface area contributed by atoms with Gasteiger partial charge in [0.1, 0.15) is 0 Å². The molecule has 4 atom stereocenters. The smallest absolute Gasteiger partial charge is 0.0704 e. The van der Waals surface area contributed by atoms with Gasteiger partial charge in [0, 0.05) is 13.2 Å². The molecule has 0 aromatic rings. The zero-order valence-electron chi connectivity index (χ0n) is 15.5. The fourth-order valence-electron chi connectivity index (χ4n) is 3.23. The van der Waals surface area contributed by atoms with Gasteiger partial charge in [-0.3, -0.25) is 0 Å². The Morgan fingerprint density at radius 3 is 2.45 bits per heavy atom. The predicted molar refractivity (Wildman–Crippen MR) is 92.2 cm³/mol. The van der Waals surface area contributed by atoms with E-state index in [1.165, 1.54) is 19.3 Å². The summed E-state index contributed by atoms with van der Waals surface area (Å²) in [5, 5.41) is 0. The highest BCUT2D eigenvalue weighted by Crippen LogP contribution is 2.35.